The van der Waals surface area contributed by atoms with Gasteiger partial charge in [0.05, 0.1) is 11.5 Å². The van der Waals surface area contributed by atoms with E-state index >= 15 is 0 Å². The molecule has 1 aliphatic heterocycles. The van der Waals surface area contributed by atoms with Crippen LogP contribution in [0.25, 0.3) is 10.9 Å². The second kappa shape index (κ2) is 8.16. The molecule has 6 nitrogen and oxygen atoms in total. The molecule has 0 unspecified atom stereocenters. The van der Waals surface area contributed by atoms with Crippen molar-refractivity contribution in [2.45, 2.75) is 25.4 Å². The van der Waals surface area contributed by atoms with Gasteiger partial charge in [-0.2, -0.15) is 0 Å². The number of thiophene rings is 1. The number of hydrogen-bond donors (Lipinski definition) is 1. The Balaban J connectivity index is 1.47. The third-order valence-electron chi connectivity index (χ3n) is 5.12. The summed E-state index contributed by atoms with van der Waals surface area (Å²) in [5.41, 5.74) is 1.85. The summed E-state index contributed by atoms with van der Waals surface area (Å²) in [5, 5.41) is 5.94. The number of hydrogen-bond acceptors (Lipinski definition) is 4. The van der Waals surface area contributed by atoms with E-state index in [0.717, 1.165) is 29.6 Å². The molecule has 0 spiro atoms. The standard InChI is InChI=1S/C21H23N3O3S/c1-27-12-11-23-10-8-15-14-16(6-7-17(15)23)22-20(25)18-4-2-9-24(18)21(26)19-5-3-13-28-19/h3,5-8,10,13-14,18H,2,4,9,11-12H2,1H3,(H,22,25)/t18-/m0/s1. The quantitative estimate of drug-likeness (QED) is 0.691. The third-order valence-corrected chi connectivity index (χ3v) is 5.98. The zero-order valence-corrected chi connectivity index (χ0v) is 16.6. The van der Waals surface area contributed by atoms with Crippen LogP contribution in [0.2, 0.25) is 0 Å². The van der Waals surface area contributed by atoms with Crippen LogP contribution in [0.4, 0.5) is 5.69 Å². The summed E-state index contributed by atoms with van der Waals surface area (Å²) in [4.78, 5) is 27.9. The van der Waals surface area contributed by atoms with E-state index < -0.39 is 6.04 Å². The first-order valence-electron chi connectivity index (χ1n) is 9.40. The fraction of sp³-hybridized carbons (Fsp3) is 0.333. The van der Waals surface area contributed by atoms with Crippen molar-refractivity contribution in [3.05, 3.63) is 52.9 Å². The van der Waals surface area contributed by atoms with Crippen LogP contribution in [0.1, 0.15) is 22.5 Å². The van der Waals surface area contributed by atoms with Gasteiger partial charge in [-0.25, -0.2) is 0 Å². The second-order valence-electron chi connectivity index (χ2n) is 6.90. The second-order valence-corrected chi connectivity index (χ2v) is 7.85. The molecule has 1 aliphatic rings. The number of likely N-dealkylation sites (tertiary alicyclic amines) is 1. The minimum Gasteiger partial charge on any atom is -0.383 e. The number of nitrogens with one attached hydrogen (secondary N) is 1. The molecule has 2 amide bonds. The highest BCUT2D eigenvalue weighted by Crippen LogP contribution is 2.25. The molecule has 3 heterocycles. The monoisotopic (exact) mass is 397 g/mol. The molecule has 1 fully saturated rings. The summed E-state index contributed by atoms with van der Waals surface area (Å²) in [5.74, 6) is -0.182. The van der Waals surface area contributed by atoms with Crippen LogP contribution < -0.4 is 5.32 Å². The predicted molar refractivity (Wildman–Crippen MR) is 111 cm³/mol. The largest absolute Gasteiger partial charge is 0.383 e. The number of ether oxygens (including phenoxy) is 1. The van der Waals surface area contributed by atoms with Gasteiger partial charge in [-0.1, -0.05) is 6.07 Å². The lowest BCUT2D eigenvalue weighted by atomic mass is 10.2. The highest BCUT2D eigenvalue weighted by atomic mass is 32.1. The molecule has 0 saturated carbocycles. The van der Waals surface area contributed by atoms with Gasteiger partial charge in [-0.3, -0.25) is 9.59 Å². The van der Waals surface area contributed by atoms with Crippen LogP contribution in [0, 0.1) is 0 Å². The fourth-order valence-electron chi connectivity index (χ4n) is 3.71. The summed E-state index contributed by atoms with van der Waals surface area (Å²) in [6.07, 6.45) is 3.56. The number of rotatable bonds is 6. The number of carbonyl (C=O) groups excluding carboxylic acids is 2. The number of nitrogens with zero attached hydrogens (tertiary/aromatic N) is 2. The van der Waals surface area contributed by atoms with E-state index in [9.17, 15) is 9.59 Å². The summed E-state index contributed by atoms with van der Waals surface area (Å²) in [6, 6.07) is 11.2. The molecule has 0 bridgehead atoms. The molecular weight excluding hydrogens is 374 g/mol. The number of benzene rings is 1. The van der Waals surface area contributed by atoms with Crippen molar-refractivity contribution in [3.8, 4) is 0 Å². The van der Waals surface area contributed by atoms with E-state index in [1.165, 1.54) is 11.3 Å². The zero-order chi connectivity index (χ0) is 19.5. The molecule has 3 aromatic rings. The van der Waals surface area contributed by atoms with Crippen molar-refractivity contribution >= 4 is 39.7 Å². The van der Waals surface area contributed by atoms with Crippen LogP contribution in [-0.2, 0) is 16.1 Å². The molecule has 2 aromatic heterocycles. The van der Waals surface area contributed by atoms with Gasteiger partial charge in [0.15, 0.2) is 0 Å². The average molecular weight is 398 g/mol. The van der Waals surface area contributed by atoms with Crippen molar-refractivity contribution in [1.82, 2.24) is 9.47 Å². The summed E-state index contributed by atoms with van der Waals surface area (Å²) < 4.78 is 7.27. The maximum atomic E-state index is 12.9. The van der Waals surface area contributed by atoms with E-state index in [2.05, 4.69) is 9.88 Å². The summed E-state index contributed by atoms with van der Waals surface area (Å²) in [6.45, 7) is 2.06. The van der Waals surface area contributed by atoms with Crippen molar-refractivity contribution < 1.29 is 14.3 Å². The van der Waals surface area contributed by atoms with Crippen LogP contribution in [0.3, 0.4) is 0 Å². The van der Waals surface area contributed by atoms with Gasteiger partial charge in [-0.15, -0.1) is 11.3 Å². The Morgan fingerprint density at radius 1 is 1.29 bits per heavy atom. The van der Waals surface area contributed by atoms with E-state index in [0.29, 0.717) is 24.4 Å². The minimum absolute atomic E-state index is 0.0571. The van der Waals surface area contributed by atoms with E-state index in [1.54, 1.807) is 12.0 Å². The van der Waals surface area contributed by atoms with Gasteiger partial charge < -0.3 is 19.5 Å². The van der Waals surface area contributed by atoms with Gasteiger partial charge >= 0.3 is 0 Å². The van der Waals surface area contributed by atoms with E-state index in [4.69, 9.17) is 4.74 Å². The van der Waals surface area contributed by atoms with Crippen LogP contribution in [0.15, 0.2) is 48.0 Å². The molecule has 0 aliphatic carbocycles. The van der Waals surface area contributed by atoms with Crippen molar-refractivity contribution in [3.63, 3.8) is 0 Å². The molecule has 1 aromatic carbocycles. The highest BCUT2D eigenvalue weighted by Gasteiger charge is 2.34. The van der Waals surface area contributed by atoms with Crippen LogP contribution in [0.5, 0.6) is 0 Å². The first kappa shape index (κ1) is 18.7. The van der Waals surface area contributed by atoms with Crippen LogP contribution in [-0.4, -0.2) is 47.6 Å². The number of methoxy groups -OCH3 is 1. The van der Waals surface area contributed by atoms with Crippen LogP contribution >= 0.6 is 11.3 Å². The maximum absolute atomic E-state index is 12.9. The Hall–Kier alpha value is -2.64. The molecule has 146 valence electrons. The highest BCUT2D eigenvalue weighted by molar-refractivity contribution is 7.12. The maximum Gasteiger partial charge on any atom is 0.264 e. The first-order valence-corrected chi connectivity index (χ1v) is 10.3. The molecule has 1 N–H and O–H groups in total. The van der Waals surface area contributed by atoms with Gasteiger partial charge in [0.2, 0.25) is 5.91 Å². The Bertz CT molecular complexity index is 980. The fourth-order valence-corrected chi connectivity index (χ4v) is 4.39. The third kappa shape index (κ3) is 3.68. The SMILES string of the molecule is COCCn1ccc2cc(NC(=O)[C@@H]3CCCN3C(=O)c3cccs3)ccc21. The number of fused-ring (bicyclic) bond motifs is 1. The Labute approximate surface area is 167 Å². The van der Waals surface area contributed by atoms with Crippen molar-refractivity contribution in [2.24, 2.45) is 0 Å². The van der Waals surface area contributed by atoms with Gasteiger partial charge in [0, 0.05) is 43.0 Å². The minimum atomic E-state index is -0.420. The average Bonchev–Trinajstić information content (AvgIpc) is 3.46. The number of amides is 2. The lowest BCUT2D eigenvalue weighted by Gasteiger charge is -2.23. The molecular formula is C21H23N3O3S. The number of carbonyl (C=O) groups is 2. The van der Waals surface area contributed by atoms with E-state index in [1.807, 2.05) is 48.0 Å². The Morgan fingerprint density at radius 2 is 2.18 bits per heavy atom. The smallest absolute Gasteiger partial charge is 0.264 e. The van der Waals surface area contributed by atoms with Crippen molar-refractivity contribution in [1.29, 1.82) is 0 Å². The number of anilines is 1. The predicted octanol–water partition coefficient (Wildman–Crippen LogP) is 3.59. The molecule has 28 heavy (non-hydrogen) atoms. The van der Waals surface area contributed by atoms with Gasteiger partial charge in [-0.05, 0) is 48.6 Å². The number of aromatic nitrogens is 1. The lowest BCUT2D eigenvalue weighted by Crippen LogP contribution is -2.42. The van der Waals surface area contributed by atoms with Crippen molar-refractivity contribution in [2.75, 3.05) is 25.6 Å². The summed E-state index contributed by atoms with van der Waals surface area (Å²) >= 11 is 1.41. The normalized spacial score (nSPS) is 16.6. The van der Waals surface area contributed by atoms with E-state index in [-0.39, 0.29) is 11.8 Å². The topological polar surface area (TPSA) is 63.6 Å². The molecule has 7 heteroatoms. The molecule has 4 rings (SSSR count). The first-order chi connectivity index (χ1) is 13.7. The molecule has 0 radical (unpaired) electrons. The Kier molecular flexibility index (Phi) is 5.45. The van der Waals surface area contributed by atoms with Gasteiger partial charge in [0.25, 0.3) is 5.91 Å². The summed E-state index contributed by atoms with van der Waals surface area (Å²) in [7, 11) is 1.69. The van der Waals surface area contributed by atoms with Gasteiger partial charge in [0.1, 0.15) is 6.04 Å². The molecule has 1 atom stereocenters. The Morgan fingerprint density at radius 3 is 2.96 bits per heavy atom. The lowest BCUT2D eigenvalue weighted by molar-refractivity contribution is -0.119. The molecule has 1 saturated heterocycles. The zero-order valence-electron chi connectivity index (χ0n) is 15.8.